The van der Waals surface area contributed by atoms with Crippen LogP contribution >= 0.6 is 11.3 Å². The molecule has 0 aromatic carbocycles. The Balaban J connectivity index is 2.15. The van der Waals surface area contributed by atoms with Crippen molar-refractivity contribution in [2.75, 3.05) is 24.6 Å². The highest BCUT2D eigenvalue weighted by Crippen LogP contribution is 2.28. The number of piperidine rings is 1. The predicted octanol–water partition coefficient (Wildman–Crippen LogP) is -0.000800. The molecule has 96 valence electrons. The van der Waals surface area contributed by atoms with Crippen molar-refractivity contribution in [1.82, 2.24) is 4.98 Å². The zero-order chi connectivity index (χ0) is 12.5. The quantitative estimate of drug-likeness (QED) is 0.810. The maximum Gasteiger partial charge on any atom is 0.249 e. The van der Waals surface area contributed by atoms with Gasteiger partial charge >= 0.3 is 0 Å². The Morgan fingerprint density at radius 1 is 1.65 bits per heavy atom. The van der Waals surface area contributed by atoms with Crippen LogP contribution in [0.1, 0.15) is 12.8 Å². The summed E-state index contributed by atoms with van der Waals surface area (Å²) in [5, 5.41) is 14.8. The van der Waals surface area contributed by atoms with E-state index in [4.69, 9.17) is 10.2 Å². The minimum atomic E-state index is -3.66. The van der Waals surface area contributed by atoms with Crippen LogP contribution in [-0.2, 0) is 10.0 Å². The van der Waals surface area contributed by atoms with Crippen LogP contribution in [0.15, 0.2) is 10.4 Å². The molecule has 0 saturated carbocycles. The van der Waals surface area contributed by atoms with Crippen LogP contribution in [0.2, 0.25) is 0 Å². The van der Waals surface area contributed by atoms with Crippen LogP contribution in [0.5, 0.6) is 0 Å². The highest BCUT2D eigenvalue weighted by atomic mass is 32.2. The number of hydrogen-bond acceptors (Lipinski definition) is 6. The summed E-state index contributed by atoms with van der Waals surface area (Å²) in [6.45, 7) is 1.71. The molecule has 1 aliphatic rings. The lowest BCUT2D eigenvalue weighted by Gasteiger charge is -2.31. The van der Waals surface area contributed by atoms with Gasteiger partial charge in [0.1, 0.15) is 0 Å². The number of primary sulfonamides is 1. The van der Waals surface area contributed by atoms with Crippen LogP contribution in [-0.4, -0.2) is 38.2 Å². The molecule has 0 amide bonds. The lowest BCUT2D eigenvalue weighted by atomic mass is 10.00. The fourth-order valence-electron chi connectivity index (χ4n) is 1.92. The van der Waals surface area contributed by atoms with E-state index in [1.165, 1.54) is 6.20 Å². The Hall–Kier alpha value is -0.700. The molecule has 6 nitrogen and oxygen atoms in total. The van der Waals surface area contributed by atoms with Gasteiger partial charge in [-0.2, -0.15) is 0 Å². The van der Waals surface area contributed by atoms with Crippen LogP contribution in [0.25, 0.3) is 0 Å². The van der Waals surface area contributed by atoms with Crippen molar-refractivity contribution in [3.63, 3.8) is 0 Å². The maximum absolute atomic E-state index is 11.1. The van der Waals surface area contributed by atoms with Crippen molar-refractivity contribution in [1.29, 1.82) is 0 Å². The molecule has 2 heterocycles. The zero-order valence-corrected chi connectivity index (χ0v) is 10.9. The molecular weight excluding hydrogens is 262 g/mol. The molecule has 0 aliphatic carbocycles. The average molecular weight is 277 g/mol. The molecule has 1 aromatic heterocycles. The van der Waals surface area contributed by atoms with Gasteiger partial charge in [0.2, 0.25) is 10.0 Å². The van der Waals surface area contributed by atoms with Gasteiger partial charge in [0.25, 0.3) is 0 Å². The number of rotatable bonds is 3. The molecule has 0 bridgehead atoms. The molecule has 1 aromatic rings. The predicted molar refractivity (Wildman–Crippen MR) is 65.5 cm³/mol. The Labute approximate surface area is 104 Å². The average Bonchev–Trinajstić information content (AvgIpc) is 2.78. The van der Waals surface area contributed by atoms with E-state index in [0.29, 0.717) is 11.7 Å². The summed E-state index contributed by atoms with van der Waals surface area (Å²) in [7, 11) is -3.66. The van der Waals surface area contributed by atoms with Gasteiger partial charge in [-0.15, -0.1) is 0 Å². The van der Waals surface area contributed by atoms with Gasteiger partial charge in [-0.3, -0.25) is 0 Å². The number of nitrogens with two attached hydrogens (primary N) is 1. The third-order valence-corrected chi connectivity index (χ3v) is 5.27. The molecule has 0 spiro atoms. The monoisotopic (exact) mass is 277 g/mol. The topological polar surface area (TPSA) is 96.5 Å². The minimum Gasteiger partial charge on any atom is -0.396 e. The van der Waals surface area contributed by atoms with Gasteiger partial charge in [0, 0.05) is 19.7 Å². The number of aliphatic hydroxyl groups is 1. The summed E-state index contributed by atoms with van der Waals surface area (Å²) in [4.78, 5) is 6.08. The summed E-state index contributed by atoms with van der Waals surface area (Å²) in [6, 6.07) is 0. The second kappa shape index (κ2) is 4.89. The standard InChI is InChI=1S/C9H15N3O3S2/c10-17(14,15)8-4-11-9(16-8)12-3-1-2-7(5-12)6-13/h4,7,13H,1-3,5-6H2,(H2,10,14,15)/t7-/m0/s1. The van der Waals surface area contributed by atoms with E-state index in [-0.39, 0.29) is 16.7 Å². The van der Waals surface area contributed by atoms with E-state index in [0.717, 1.165) is 30.7 Å². The Morgan fingerprint density at radius 2 is 2.41 bits per heavy atom. The summed E-state index contributed by atoms with van der Waals surface area (Å²) in [5.41, 5.74) is 0. The summed E-state index contributed by atoms with van der Waals surface area (Å²) >= 11 is 1.08. The highest BCUT2D eigenvalue weighted by Gasteiger charge is 2.23. The Bertz CT molecular complexity index is 485. The van der Waals surface area contributed by atoms with E-state index in [1.807, 2.05) is 4.90 Å². The van der Waals surface area contributed by atoms with Crippen molar-refractivity contribution < 1.29 is 13.5 Å². The molecule has 17 heavy (non-hydrogen) atoms. The van der Waals surface area contributed by atoms with Crippen molar-refractivity contribution in [2.24, 2.45) is 11.1 Å². The molecule has 8 heteroatoms. The van der Waals surface area contributed by atoms with Crippen LogP contribution < -0.4 is 10.0 Å². The molecule has 3 N–H and O–H groups in total. The van der Waals surface area contributed by atoms with E-state index in [2.05, 4.69) is 4.98 Å². The molecule has 0 radical (unpaired) electrons. The Morgan fingerprint density at radius 3 is 3.00 bits per heavy atom. The first kappa shape index (κ1) is 12.7. The lowest BCUT2D eigenvalue weighted by molar-refractivity contribution is 0.208. The SMILES string of the molecule is NS(=O)(=O)c1cnc(N2CCC[C@H](CO)C2)s1. The van der Waals surface area contributed by atoms with E-state index < -0.39 is 10.0 Å². The van der Waals surface area contributed by atoms with Gasteiger partial charge in [0.05, 0.1) is 6.20 Å². The Kier molecular flexibility index (Phi) is 3.67. The van der Waals surface area contributed by atoms with Crippen LogP contribution in [0.4, 0.5) is 5.13 Å². The first-order valence-electron chi connectivity index (χ1n) is 5.35. The first-order chi connectivity index (χ1) is 8.00. The molecule has 1 fully saturated rings. The number of aromatic nitrogens is 1. The number of anilines is 1. The van der Waals surface area contributed by atoms with E-state index in [9.17, 15) is 8.42 Å². The summed E-state index contributed by atoms with van der Waals surface area (Å²) < 4.78 is 22.4. The second-order valence-corrected chi connectivity index (χ2v) is 6.94. The van der Waals surface area contributed by atoms with Gasteiger partial charge in [0.15, 0.2) is 9.34 Å². The zero-order valence-electron chi connectivity index (χ0n) is 9.24. The molecule has 1 saturated heterocycles. The van der Waals surface area contributed by atoms with Crippen LogP contribution in [0, 0.1) is 5.92 Å². The van der Waals surface area contributed by atoms with Crippen LogP contribution in [0.3, 0.4) is 0 Å². The van der Waals surface area contributed by atoms with Gasteiger partial charge in [-0.05, 0) is 18.8 Å². The lowest BCUT2D eigenvalue weighted by Crippen LogP contribution is -2.36. The summed E-state index contributed by atoms with van der Waals surface area (Å²) in [6.07, 6.45) is 3.27. The fraction of sp³-hybridized carbons (Fsp3) is 0.667. The first-order valence-corrected chi connectivity index (χ1v) is 7.71. The van der Waals surface area contributed by atoms with Crippen molar-refractivity contribution in [3.05, 3.63) is 6.20 Å². The smallest absolute Gasteiger partial charge is 0.249 e. The van der Waals surface area contributed by atoms with Gasteiger partial charge in [-0.25, -0.2) is 18.5 Å². The molecule has 0 unspecified atom stereocenters. The minimum absolute atomic E-state index is 0.0821. The third kappa shape index (κ3) is 2.95. The highest BCUT2D eigenvalue weighted by molar-refractivity contribution is 7.91. The second-order valence-electron chi connectivity index (χ2n) is 4.14. The number of aliphatic hydroxyl groups excluding tert-OH is 1. The number of thiazole rings is 1. The number of nitrogens with zero attached hydrogens (tertiary/aromatic N) is 2. The summed E-state index contributed by atoms with van der Waals surface area (Å²) in [5.74, 6) is 0.241. The van der Waals surface area contributed by atoms with Gasteiger partial charge in [-0.1, -0.05) is 11.3 Å². The molecular formula is C9H15N3O3S2. The molecule has 2 rings (SSSR count). The number of hydrogen-bond donors (Lipinski definition) is 2. The van der Waals surface area contributed by atoms with Gasteiger partial charge < -0.3 is 10.0 Å². The van der Waals surface area contributed by atoms with Crippen molar-refractivity contribution in [3.8, 4) is 0 Å². The molecule has 1 aliphatic heterocycles. The van der Waals surface area contributed by atoms with E-state index in [1.54, 1.807) is 0 Å². The normalized spacial score (nSPS) is 21.8. The molecule has 1 atom stereocenters. The maximum atomic E-state index is 11.1. The van der Waals surface area contributed by atoms with Crippen molar-refractivity contribution >= 4 is 26.5 Å². The van der Waals surface area contributed by atoms with Crippen molar-refractivity contribution in [2.45, 2.75) is 17.1 Å². The fourth-order valence-corrected chi connectivity index (χ4v) is 3.49. The number of sulfonamides is 1. The largest absolute Gasteiger partial charge is 0.396 e. The third-order valence-electron chi connectivity index (χ3n) is 2.80. The van der Waals surface area contributed by atoms with E-state index >= 15 is 0 Å².